The average molecular weight is 429 g/mol. The molecule has 0 radical (unpaired) electrons. The summed E-state index contributed by atoms with van der Waals surface area (Å²) in [5.74, 6) is 8.51. The molecule has 0 spiro atoms. The Bertz CT molecular complexity index is 995. The fraction of sp³-hybridized carbons (Fsp3) is 0.286. The quantitative estimate of drug-likeness (QED) is 0.317. The van der Waals surface area contributed by atoms with E-state index in [4.69, 9.17) is 18.9 Å². The molecule has 1 aliphatic rings. The van der Waals surface area contributed by atoms with Crippen LogP contribution in [0.1, 0.15) is 43.2 Å². The van der Waals surface area contributed by atoms with Gasteiger partial charge in [0.15, 0.2) is 6.79 Å². The van der Waals surface area contributed by atoms with Crippen molar-refractivity contribution in [2.24, 2.45) is 0 Å². The second kappa shape index (κ2) is 11.8. The first-order valence-electron chi connectivity index (χ1n) is 11.1. The lowest BCUT2D eigenvalue weighted by Crippen LogP contribution is -2.19. The molecule has 1 aliphatic carbocycles. The second-order valence-corrected chi connectivity index (χ2v) is 7.71. The van der Waals surface area contributed by atoms with E-state index in [9.17, 15) is 0 Å². The minimum atomic E-state index is 0.125. The molecule has 0 atom stereocenters. The van der Waals surface area contributed by atoms with Crippen LogP contribution in [-0.2, 0) is 4.74 Å². The highest BCUT2D eigenvalue weighted by Crippen LogP contribution is 2.22. The zero-order chi connectivity index (χ0) is 21.8. The van der Waals surface area contributed by atoms with Crippen molar-refractivity contribution in [2.75, 3.05) is 13.6 Å². The van der Waals surface area contributed by atoms with Crippen molar-refractivity contribution in [1.29, 1.82) is 0 Å². The Hall–Kier alpha value is -3.42. The van der Waals surface area contributed by atoms with Gasteiger partial charge in [-0.25, -0.2) is 0 Å². The Labute approximate surface area is 190 Å². The molecule has 0 bridgehead atoms. The van der Waals surface area contributed by atoms with Gasteiger partial charge in [-0.05, 0) is 73.5 Å². The number of rotatable bonds is 8. The van der Waals surface area contributed by atoms with E-state index in [2.05, 4.69) is 11.8 Å². The van der Waals surface area contributed by atoms with Crippen molar-refractivity contribution in [1.82, 2.24) is 0 Å². The molecule has 32 heavy (non-hydrogen) atoms. The highest BCUT2D eigenvalue weighted by Gasteiger charge is 2.13. The van der Waals surface area contributed by atoms with Crippen LogP contribution in [0, 0.1) is 11.8 Å². The first kappa shape index (κ1) is 21.8. The van der Waals surface area contributed by atoms with Crippen LogP contribution in [0.5, 0.6) is 17.2 Å². The third-order valence-electron chi connectivity index (χ3n) is 5.34. The molecular formula is C28H28O4. The molecule has 0 aliphatic heterocycles. The molecule has 3 aromatic carbocycles. The lowest BCUT2D eigenvalue weighted by Gasteiger charge is -2.21. The van der Waals surface area contributed by atoms with Gasteiger partial charge in [0.2, 0.25) is 6.79 Å². The van der Waals surface area contributed by atoms with Gasteiger partial charge in [-0.1, -0.05) is 49.3 Å². The van der Waals surface area contributed by atoms with Crippen LogP contribution in [0.25, 0.3) is 0 Å². The lowest BCUT2D eigenvalue weighted by atomic mass is 9.98. The summed E-state index contributed by atoms with van der Waals surface area (Å²) >= 11 is 0. The summed E-state index contributed by atoms with van der Waals surface area (Å²) in [5.41, 5.74) is 1.93. The van der Waals surface area contributed by atoms with Crippen LogP contribution < -0.4 is 14.2 Å². The molecule has 1 saturated carbocycles. The van der Waals surface area contributed by atoms with Gasteiger partial charge in [0.1, 0.15) is 17.2 Å². The third-order valence-corrected chi connectivity index (χ3v) is 5.34. The fourth-order valence-electron chi connectivity index (χ4n) is 3.53. The van der Waals surface area contributed by atoms with Crippen molar-refractivity contribution in [3.63, 3.8) is 0 Å². The zero-order valence-electron chi connectivity index (χ0n) is 18.2. The summed E-state index contributed by atoms with van der Waals surface area (Å²) < 4.78 is 22.8. The van der Waals surface area contributed by atoms with E-state index in [0.29, 0.717) is 12.9 Å². The molecule has 4 nitrogen and oxygen atoms in total. The lowest BCUT2D eigenvalue weighted by molar-refractivity contribution is -0.0497. The van der Waals surface area contributed by atoms with Gasteiger partial charge >= 0.3 is 0 Å². The van der Waals surface area contributed by atoms with Crippen molar-refractivity contribution in [3.05, 3.63) is 90.0 Å². The van der Waals surface area contributed by atoms with E-state index in [1.807, 2.05) is 78.9 Å². The Morgan fingerprint density at radius 1 is 0.562 bits per heavy atom. The highest BCUT2D eigenvalue weighted by molar-refractivity contribution is 5.44. The summed E-state index contributed by atoms with van der Waals surface area (Å²) in [5, 5.41) is 0. The summed E-state index contributed by atoms with van der Waals surface area (Å²) in [6.07, 6.45) is 6.45. The molecule has 0 unspecified atom stereocenters. The minimum absolute atomic E-state index is 0.125. The minimum Gasteiger partial charge on any atom is -0.468 e. The molecule has 0 heterocycles. The monoisotopic (exact) mass is 428 g/mol. The van der Waals surface area contributed by atoms with Crippen LogP contribution in [0.2, 0.25) is 0 Å². The largest absolute Gasteiger partial charge is 0.468 e. The normalized spacial score (nSPS) is 13.6. The van der Waals surface area contributed by atoms with E-state index < -0.39 is 0 Å². The average Bonchev–Trinajstić information content (AvgIpc) is 2.86. The molecule has 3 aromatic rings. The molecule has 0 aromatic heterocycles. The number of hydrogen-bond acceptors (Lipinski definition) is 4. The van der Waals surface area contributed by atoms with Crippen molar-refractivity contribution in [3.8, 4) is 29.1 Å². The maximum Gasteiger partial charge on any atom is 0.230 e. The van der Waals surface area contributed by atoms with Gasteiger partial charge in [-0.2, -0.15) is 0 Å². The zero-order valence-corrected chi connectivity index (χ0v) is 18.2. The van der Waals surface area contributed by atoms with Crippen molar-refractivity contribution >= 4 is 0 Å². The second-order valence-electron chi connectivity index (χ2n) is 7.71. The van der Waals surface area contributed by atoms with E-state index in [1.165, 1.54) is 19.3 Å². The predicted molar refractivity (Wildman–Crippen MR) is 125 cm³/mol. The smallest absolute Gasteiger partial charge is 0.230 e. The summed E-state index contributed by atoms with van der Waals surface area (Å²) in [4.78, 5) is 0. The van der Waals surface area contributed by atoms with Crippen molar-refractivity contribution < 1.29 is 18.9 Å². The fourth-order valence-corrected chi connectivity index (χ4v) is 3.53. The SMILES string of the molecule is C(#Cc1ccc(OCOc2ccc(OCOC3CCCCC3)cc2)cc1)c1ccccc1. The summed E-state index contributed by atoms with van der Waals surface area (Å²) in [6.45, 7) is 0.416. The van der Waals surface area contributed by atoms with Gasteiger partial charge in [0, 0.05) is 11.1 Å². The molecule has 4 rings (SSSR count). The summed E-state index contributed by atoms with van der Waals surface area (Å²) in [7, 11) is 0. The maximum atomic E-state index is 5.80. The molecule has 4 heteroatoms. The topological polar surface area (TPSA) is 36.9 Å². The first-order valence-corrected chi connectivity index (χ1v) is 11.1. The van der Waals surface area contributed by atoms with E-state index in [1.54, 1.807) is 0 Å². The molecule has 0 amide bonds. The number of benzene rings is 3. The van der Waals surface area contributed by atoms with Crippen LogP contribution in [-0.4, -0.2) is 19.7 Å². The van der Waals surface area contributed by atoms with Crippen molar-refractivity contribution in [2.45, 2.75) is 38.2 Å². The third kappa shape index (κ3) is 7.08. The molecule has 164 valence electrons. The number of ether oxygens (including phenoxy) is 4. The van der Waals surface area contributed by atoms with Crippen LogP contribution >= 0.6 is 0 Å². The van der Waals surface area contributed by atoms with Gasteiger partial charge in [-0.3, -0.25) is 0 Å². The van der Waals surface area contributed by atoms with Gasteiger partial charge in [0.05, 0.1) is 6.10 Å². The molecule has 0 N–H and O–H groups in total. The van der Waals surface area contributed by atoms with E-state index in [-0.39, 0.29) is 6.79 Å². The van der Waals surface area contributed by atoms with Gasteiger partial charge in [-0.15, -0.1) is 0 Å². The highest BCUT2D eigenvalue weighted by atomic mass is 16.7. The molecule has 0 saturated heterocycles. The van der Waals surface area contributed by atoms with Gasteiger partial charge in [0.25, 0.3) is 0 Å². The van der Waals surface area contributed by atoms with E-state index >= 15 is 0 Å². The Morgan fingerprint density at radius 3 is 1.66 bits per heavy atom. The Kier molecular flexibility index (Phi) is 8.06. The maximum absolute atomic E-state index is 5.80. The van der Waals surface area contributed by atoms with E-state index in [0.717, 1.165) is 41.2 Å². The standard InChI is InChI=1S/C28H28O4/c1-3-7-23(8-4-1)11-12-24-13-15-26(16-14-24)30-22-32-28-19-17-27(18-20-28)31-21-29-25-9-5-2-6-10-25/h1,3-4,7-8,13-20,25H,2,5-6,9-10,21-22H2. The predicted octanol–water partition coefficient (Wildman–Crippen LogP) is 6.19. The number of hydrogen-bond donors (Lipinski definition) is 0. The van der Waals surface area contributed by atoms with Crippen LogP contribution in [0.15, 0.2) is 78.9 Å². The molecular weight excluding hydrogens is 400 g/mol. The first-order chi connectivity index (χ1) is 15.8. The van der Waals surface area contributed by atoms with Gasteiger partial charge < -0.3 is 18.9 Å². The van der Waals surface area contributed by atoms with Crippen LogP contribution in [0.4, 0.5) is 0 Å². The Balaban J connectivity index is 1.17. The molecule has 1 fully saturated rings. The van der Waals surface area contributed by atoms with Crippen LogP contribution in [0.3, 0.4) is 0 Å². The Morgan fingerprint density at radius 2 is 1.06 bits per heavy atom. The summed E-state index contributed by atoms with van der Waals surface area (Å²) in [6, 6.07) is 25.1.